The minimum absolute atomic E-state index is 0.684. The van der Waals surface area contributed by atoms with Gasteiger partial charge < -0.3 is 4.42 Å². The van der Waals surface area contributed by atoms with Crippen molar-refractivity contribution in [2.75, 3.05) is 0 Å². The Hall–Kier alpha value is -7.36. The van der Waals surface area contributed by atoms with Crippen molar-refractivity contribution < 1.29 is 4.42 Å². The molecule has 3 nitrogen and oxygen atoms in total. The van der Waals surface area contributed by atoms with Gasteiger partial charge in [-0.15, -0.1) is 0 Å². The van der Waals surface area contributed by atoms with Crippen molar-refractivity contribution in [1.82, 2.24) is 9.97 Å². The van der Waals surface area contributed by atoms with E-state index in [0.717, 1.165) is 66.7 Å². The van der Waals surface area contributed by atoms with Crippen molar-refractivity contribution in [1.29, 1.82) is 0 Å². The average Bonchev–Trinajstić information content (AvgIpc) is 3.65. The molecule has 0 fully saturated rings. The molecule has 0 unspecified atom stereocenters. The molecule has 11 rings (SSSR count). The molecule has 55 heavy (non-hydrogen) atoms. The minimum Gasteiger partial charge on any atom is -0.455 e. The smallest absolute Gasteiger partial charge is 0.160 e. The van der Waals surface area contributed by atoms with Crippen LogP contribution in [0.4, 0.5) is 0 Å². The van der Waals surface area contributed by atoms with Crippen LogP contribution in [-0.4, -0.2) is 9.97 Å². The van der Waals surface area contributed by atoms with Crippen LogP contribution in [0.25, 0.3) is 110 Å². The first kappa shape index (κ1) is 31.2. The van der Waals surface area contributed by atoms with Gasteiger partial charge in [-0.2, -0.15) is 0 Å². The van der Waals surface area contributed by atoms with Crippen LogP contribution in [0.5, 0.6) is 0 Å². The molecule has 0 aliphatic heterocycles. The Balaban J connectivity index is 1.20. The van der Waals surface area contributed by atoms with Crippen LogP contribution in [0, 0.1) is 0 Å². The molecule has 256 valence electrons. The summed E-state index contributed by atoms with van der Waals surface area (Å²) in [5.41, 5.74) is 10.9. The van der Waals surface area contributed by atoms with Crippen molar-refractivity contribution in [3.05, 3.63) is 194 Å². The standard InChI is InChI=1S/C52H32N2O/c1-2-14-34(15-3-1)52-53-48(37-26-25-33-13-4-5-16-35(33)27-37)32-49(54-52)40-29-38(42-22-12-23-46-45-21-10-11-24-50(45)55-51(42)46)28-39(30-40)47-31-36-17-6-7-18-41(36)43-19-8-9-20-44(43)47/h1-32H. The zero-order valence-corrected chi connectivity index (χ0v) is 29.8. The number of hydrogen-bond acceptors (Lipinski definition) is 3. The van der Waals surface area contributed by atoms with Gasteiger partial charge in [0.2, 0.25) is 0 Å². The molecule has 0 saturated carbocycles. The normalized spacial score (nSPS) is 11.6. The van der Waals surface area contributed by atoms with Crippen LogP contribution >= 0.6 is 0 Å². The Morgan fingerprint density at radius 2 is 0.927 bits per heavy atom. The van der Waals surface area contributed by atoms with E-state index in [0.29, 0.717) is 5.82 Å². The molecule has 0 spiro atoms. The molecule has 0 atom stereocenters. The summed E-state index contributed by atoms with van der Waals surface area (Å²) in [7, 11) is 0. The Labute approximate surface area is 317 Å². The zero-order valence-electron chi connectivity index (χ0n) is 29.8. The highest BCUT2D eigenvalue weighted by Crippen LogP contribution is 2.42. The number of aromatic nitrogens is 2. The Morgan fingerprint density at radius 1 is 0.309 bits per heavy atom. The number of rotatable bonds is 5. The second-order valence-electron chi connectivity index (χ2n) is 14.2. The average molecular weight is 701 g/mol. The number of fused-ring (bicyclic) bond motifs is 7. The van der Waals surface area contributed by atoms with E-state index >= 15 is 0 Å². The highest BCUT2D eigenvalue weighted by Gasteiger charge is 2.18. The maximum atomic E-state index is 6.62. The van der Waals surface area contributed by atoms with Crippen LogP contribution in [-0.2, 0) is 0 Å². The van der Waals surface area contributed by atoms with E-state index in [9.17, 15) is 0 Å². The number of benzene rings is 9. The van der Waals surface area contributed by atoms with Crippen molar-refractivity contribution in [3.8, 4) is 56.2 Å². The molecule has 0 radical (unpaired) electrons. The van der Waals surface area contributed by atoms with Gasteiger partial charge in [-0.25, -0.2) is 9.97 Å². The molecular weight excluding hydrogens is 669 g/mol. The lowest BCUT2D eigenvalue weighted by Crippen LogP contribution is -1.97. The third kappa shape index (κ3) is 5.36. The molecule has 0 saturated heterocycles. The predicted octanol–water partition coefficient (Wildman–Crippen LogP) is 14.2. The van der Waals surface area contributed by atoms with Gasteiger partial charge in [-0.3, -0.25) is 0 Å². The van der Waals surface area contributed by atoms with Gasteiger partial charge in [0, 0.05) is 33.0 Å². The van der Waals surface area contributed by atoms with Crippen molar-refractivity contribution in [2.45, 2.75) is 0 Å². The summed E-state index contributed by atoms with van der Waals surface area (Å²) in [6.07, 6.45) is 0. The second-order valence-corrected chi connectivity index (χ2v) is 14.2. The molecule has 11 aromatic rings. The summed E-state index contributed by atoms with van der Waals surface area (Å²) < 4.78 is 6.62. The molecule has 0 bridgehead atoms. The number of hydrogen-bond donors (Lipinski definition) is 0. The van der Waals surface area contributed by atoms with E-state index in [1.807, 2.05) is 30.3 Å². The summed E-state index contributed by atoms with van der Waals surface area (Å²) in [5, 5.41) is 9.46. The maximum Gasteiger partial charge on any atom is 0.160 e. The van der Waals surface area contributed by atoms with Crippen molar-refractivity contribution in [2.24, 2.45) is 0 Å². The van der Waals surface area contributed by atoms with Gasteiger partial charge in [0.15, 0.2) is 5.82 Å². The maximum absolute atomic E-state index is 6.62. The van der Waals surface area contributed by atoms with E-state index in [1.165, 1.54) is 37.9 Å². The quantitative estimate of drug-likeness (QED) is 0.168. The summed E-state index contributed by atoms with van der Waals surface area (Å²) in [4.78, 5) is 10.5. The van der Waals surface area contributed by atoms with E-state index in [-0.39, 0.29) is 0 Å². The summed E-state index contributed by atoms with van der Waals surface area (Å²) in [5.74, 6) is 0.684. The number of nitrogens with zero attached hydrogens (tertiary/aromatic N) is 2. The topological polar surface area (TPSA) is 38.9 Å². The van der Waals surface area contributed by atoms with Gasteiger partial charge in [0.1, 0.15) is 11.2 Å². The van der Waals surface area contributed by atoms with Gasteiger partial charge in [-0.05, 0) is 91.5 Å². The fraction of sp³-hybridized carbons (Fsp3) is 0. The molecule has 0 aliphatic rings. The van der Waals surface area contributed by atoms with Gasteiger partial charge in [-0.1, -0.05) is 152 Å². The van der Waals surface area contributed by atoms with E-state index in [2.05, 4.69) is 164 Å². The minimum atomic E-state index is 0.684. The highest BCUT2D eigenvalue weighted by molar-refractivity contribution is 6.14. The predicted molar refractivity (Wildman–Crippen MR) is 229 cm³/mol. The lowest BCUT2D eigenvalue weighted by Gasteiger charge is -2.16. The Bertz CT molecular complexity index is 3270. The van der Waals surface area contributed by atoms with E-state index in [1.54, 1.807) is 0 Å². The summed E-state index contributed by atoms with van der Waals surface area (Å²) in [6, 6.07) is 68.7. The van der Waals surface area contributed by atoms with E-state index < -0.39 is 0 Å². The van der Waals surface area contributed by atoms with Crippen LogP contribution in [0.15, 0.2) is 199 Å². The Kier molecular flexibility index (Phi) is 7.17. The van der Waals surface area contributed by atoms with Crippen molar-refractivity contribution >= 4 is 54.3 Å². The summed E-state index contributed by atoms with van der Waals surface area (Å²) >= 11 is 0. The Morgan fingerprint density at radius 3 is 1.76 bits per heavy atom. The third-order valence-corrected chi connectivity index (χ3v) is 10.8. The van der Waals surface area contributed by atoms with Crippen molar-refractivity contribution in [3.63, 3.8) is 0 Å². The van der Waals surface area contributed by atoms with Crippen LogP contribution < -0.4 is 0 Å². The SMILES string of the molecule is c1ccc(-c2nc(-c3cc(-c4cc5ccccc5c5ccccc45)cc(-c4cccc5c4oc4ccccc45)c3)cc(-c3ccc4ccccc4c3)n2)cc1. The fourth-order valence-corrected chi connectivity index (χ4v) is 8.16. The van der Waals surface area contributed by atoms with Gasteiger partial charge in [0.05, 0.1) is 11.4 Å². The van der Waals surface area contributed by atoms with Crippen LogP contribution in [0.1, 0.15) is 0 Å². The molecule has 9 aromatic carbocycles. The van der Waals surface area contributed by atoms with E-state index in [4.69, 9.17) is 14.4 Å². The zero-order chi connectivity index (χ0) is 36.3. The number of furan rings is 1. The highest BCUT2D eigenvalue weighted by atomic mass is 16.3. The molecule has 2 aromatic heterocycles. The second kappa shape index (κ2) is 12.6. The first-order chi connectivity index (χ1) is 27.2. The summed E-state index contributed by atoms with van der Waals surface area (Å²) in [6.45, 7) is 0. The molecular formula is C52H32N2O. The largest absolute Gasteiger partial charge is 0.455 e. The van der Waals surface area contributed by atoms with Crippen LogP contribution in [0.2, 0.25) is 0 Å². The lowest BCUT2D eigenvalue weighted by atomic mass is 9.89. The fourth-order valence-electron chi connectivity index (χ4n) is 8.16. The molecule has 2 heterocycles. The van der Waals surface area contributed by atoms with Crippen LogP contribution in [0.3, 0.4) is 0 Å². The first-order valence-corrected chi connectivity index (χ1v) is 18.6. The van der Waals surface area contributed by atoms with Gasteiger partial charge in [0.25, 0.3) is 0 Å². The monoisotopic (exact) mass is 700 g/mol. The first-order valence-electron chi connectivity index (χ1n) is 18.6. The molecule has 0 aliphatic carbocycles. The third-order valence-electron chi connectivity index (χ3n) is 10.8. The lowest BCUT2D eigenvalue weighted by molar-refractivity contribution is 0.670. The number of para-hydroxylation sites is 2. The molecule has 3 heteroatoms. The molecule has 0 N–H and O–H groups in total. The molecule has 0 amide bonds. The van der Waals surface area contributed by atoms with Gasteiger partial charge >= 0.3 is 0 Å².